The Morgan fingerprint density at radius 3 is 2.85 bits per heavy atom. The van der Waals surface area contributed by atoms with Gasteiger partial charge in [0.25, 0.3) is 5.56 Å². The van der Waals surface area contributed by atoms with E-state index in [1.54, 1.807) is 13.8 Å². The lowest BCUT2D eigenvalue weighted by Crippen LogP contribution is -2.53. The first-order chi connectivity index (χ1) is 9.37. The van der Waals surface area contributed by atoms with Gasteiger partial charge in [0.1, 0.15) is 0 Å². The van der Waals surface area contributed by atoms with E-state index in [0.717, 1.165) is 13.0 Å². The molecule has 7 heteroatoms. The molecule has 0 saturated heterocycles. The van der Waals surface area contributed by atoms with Crippen molar-refractivity contribution in [2.24, 2.45) is 5.73 Å². The molecule has 1 atom stereocenters. The van der Waals surface area contributed by atoms with Gasteiger partial charge in [0, 0.05) is 17.5 Å². The smallest absolute Gasteiger partial charge is 0.251 e. The molecule has 0 aliphatic carbocycles. The second-order valence-electron chi connectivity index (χ2n) is 4.91. The number of aromatic amines is 1. The molecule has 0 aromatic carbocycles. The Bertz CT molecular complexity index is 517. The molecule has 0 bridgehead atoms. The van der Waals surface area contributed by atoms with E-state index in [4.69, 9.17) is 5.73 Å². The van der Waals surface area contributed by atoms with Crippen LogP contribution in [0.3, 0.4) is 0 Å². The third kappa shape index (κ3) is 4.97. The zero-order valence-electron chi connectivity index (χ0n) is 12.2. The standard InChI is InChI=1S/C13H22N4O2S/c1-4-6-15-13(3,11(14)19)5-7-20-12-16-9(2)8-10(18)17-12/h8,15H,4-7H2,1-3H3,(H2,14,19)(H,16,17,18). The number of carbonyl (C=O) groups is 1. The van der Waals surface area contributed by atoms with Crippen LogP contribution < -0.4 is 16.6 Å². The number of aryl methyl sites for hydroxylation is 1. The van der Waals surface area contributed by atoms with Gasteiger partial charge in [0.05, 0.1) is 5.54 Å². The van der Waals surface area contributed by atoms with Crippen molar-refractivity contribution in [1.29, 1.82) is 0 Å². The Morgan fingerprint density at radius 2 is 2.30 bits per heavy atom. The molecule has 112 valence electrons. The Balaban J connectivity index is 2.60. The fraction of sp³-hybridized carbons (Fsp3) is 0.615. The molecular formula is C13H22N4O2S. The molecule has 0 aliphatic rings. The minimum absolute atomic E-state index is 0.165. The predicted molar refractivity (Wildman–Crippen MR) is 80.8 cm³/mol. The minimum Gasteiger partial charge on any atom is -0.368 e. The number of rotatable bonds is 8. The van der Waals surface area contributed by atoms with E-state index in [9.17, 15) is 9.59 Å². The van der Waals surface area contributed by atoms with Crippen LogP contribution in [0.4, 0.5) is 0 Å². The molecule has 1 aromatic heterocycles. The van der Waals surface area contributed by atoms with Gasteiger partial charge in [-0.05, 0) is 33.2 Å². The molecule has 1 heterocycles. The maximum absolute atomic E-state index is 11.6. The summed E-state index contributed by atoms with van der Waals surface area (Å²) in [6.45, 7) is 6.35. The van der Waals surface area contributed by atoms with Crippen LogP contribution in [0.5, 0.6) is 0 Å². The number of amides is 1. The van der Waals surface area contributed by atoms with Gasteiger partial charge in [-0.2, -0.15) is 0 Å². The third-order valence-electron chi connectivity index (χ3n) is 3.00. The van der Waals surface area contributed by atoms with Crippen LogP contribution in [0.2, 0.25) is 0 Å². The normalized spacial score (nSPS) is 13.9. The summed E-state index contributed by atoms with van der Waals surface area (Å²) < 4.78 is 0. The third-order valence-corrected chi connectivity index (χ3v) is 3.87. The largest absolute Gasteiger partial charge is 0.368 e. The predicted octanol–water partition coefficient (Wildman–Crippen LogP) is 0.804. The SMILES string of the molecule is CCCNC(C)(CCSc1nc(C)cc(=O)[nH]1)C(N)=O. The van der Waals surface area contributed by atoms with Crippen molar-refractivity contribution in [3.8, 4) is 0 Å². The lowest BCUT2D eigenvalue weighted by molar-refractivity contribution is -0.123. The molecule has 1 rings (SSSR count). The van der Waals surface area contributed by atoms with Crippen LogP contribution >= 0.6 is 11.8 Å². The van der Waals surface area contributed by atoms with Crippen molar-refractivity contribution in [3.63, 3.8) is 0 Å². The zero-order chi connectivity index (χ0) is 15.2. The summed E-state index contributed by atoms with van der Waals surface area (Å²) in [5.41, 5.74) is 5.24. The summed E-state index contributed by atoms with van der Waals surface area (Å²) in [6, 6.07) is 1.44. The molecule has 0 spiro atoms. The van der Waals surface area contributed by atoms with Gasteiger partial charge in [-0.3, -0.25) is 9.59 Å². The summed E-state index contributed by atoms with van der Waals surface area (Å²) in [7, 11) is 0. The fourth-order valence-electron chi connectivity index (χ4n) is 1.67. The number of thioether (sulfide) groups is 1. The summed E-state index contributed by atoms with van der Waals surface area (Å²) >= 11 is 1.41. The summed E-state index contributed by atoms with van der Waals surface area (Å²) in [4.78, 5) is 29.8. The fourth-order valence-corrected chi connectivity index (χ4v) is 2.76. The first-order valence-electron chi connectivity index (χ1n) is 6.63. The average Bonchev–Trinajstić information content (AvgIpc) is 2.35. The van der Waals surface area contributed by atoms with Crippen LogP contribution in [-0.2, 0) is 4.79 Å². The van der Waals surface area contributed by atoms with Crippen molar-refractivity contribution >= 4 is 17.7 Å². The molecule has 1 amide bonds. The average molecular weight is 298 g/mol. The van der Waals surface area contributed by atoms with Gasteiger partial charge < -0.3 is 16.0 Å². The lowest BCUT2D eigenvalue weighted by Gasteiger charge is -2.27. The molecule has 1 unspecified atom stereocenters. The van der Waals surface area contributed by atoms with Crippen molar-refractivity contribution in [2.75, 3.05) is 12.3 Å². The number of hydrogen-bond donors (Lipinski definition) is 3. The number of nitrogens with one attached hydrogen (secondary N) is 2. The van der Waals surface area contributed by atoms with Crippen LogP contribution in [0, 0.1) is 6.92 Å². The van der Waals surface area contributed by atoms with Crippen LogP contribution in [-0.4, -0.2) is 33.7 Å². The van der Waals surface area contributed by atoms with E-state index >= 15 is 0 Å². The molecular weight excluding hydrogens is 276 g/mol. The summed E-state index contributed by atoms with van der Waals surface area (Å²) in [5.74, 6) is 0.278. The van der Waals surface area contributed by atoms with Crippen molar-refractivity contribution in [1.82, 2.24) is 15.3 Å². The van der Waals surface area contributed by atoms with E-state index in [1.165, 1.54) is 17.8 Å². The highest BCUT2D eigenvalue weighted by molar-refractivity contribution is 7.99. The molecule has 20 heavy (non-hydrogen) atoms. The number of carbonyl (C=O) groups excluding carboxylic acids is 1. The van der Waals surface area contributed by atoms with E-state index in [1.807, 2.05) is 6.92 Å². The molecule has 1 aromatic rings. The van der Waals surface area contributed by atoms with Gasteiger partial charge in [-0.1, -0.05) is 18.7 Å². The molecule has 0 saturated carbocycles. The Morgan fingerprint density at radius 1 is 1.60 bits per heavy atom. The highest BCUT2D eigenvalue weighted by atomic mass is 32.2. The number of nitrogens with two attached hydrogens (primary N) is 1. The molecule has 6 nitrogen and oxygen atoms in total. The van der Waals surface area contributed by atoms with Crippen LogP contribution in [0.15, 0.2) is 16.0 Å². The topological polar surface area (TPSA) is 101 Å². The summed E-state index contributed by atoms with van der Waals surface area (Å²) in [5, 5.41) is 3.74. The van der Waals surface area contributed by atoms with Gasteiger partial charge in [-0.15, -0.1) is 0 Å². The van der Waals surface area contributed by atoms with Crippen LogP contribution in [0.1, 0.15) is 32.4 Å². The number of hydrogen-bond acceptors (Lipinski definition) is 5. The number of H-pyrrole nitrogens is 1. The van der Waals surface area contributed by atoms with Gasteiger partial charge in [-0.25, -0.2) is 4.98 Å². The lowest BCUT2D eigenvalue weighted by atomic mass is 9.98. The Hall–Kier alpha value is -1.34. The van der Waals surface area contributed by atoms with Crippen LogP contribution in [0.25, 0.3) is 0 Å². The maximum atomic E-state index is 11.6. The van der Waals surface area contributed by atoms with Crippen molar-refractivity contribution in [2.45, 2.75) is 44.3 Å². The number of nitrogens with zero attached hydrogens (tertiary/aromatic N) is 1. The quantitative estimate of drug-likeness (QED) is 0.487. The van der Waals surface area contributed by atoms with Gasteiger partial charge >= 0.3 is 0 Å². The molecule has 0 fully saturated rings. The second-order valence-corrected chi connectivity index (χ2v) is 6.00. The monoisotopic (exact) mass is 298 g/mol. The number of aromatic nitrogens is 2. The van der Waals surface area contributed by atoms with Crippen molar-refractivity contribution in [3.05, 3.63) is 22.1 Å². The summed E-state index contributed by atoms with van der Waals surface area (Å²) in [6.07, 6.45) is 1.51. The van der Waals surface area contributed by atoms with E-state index in [2.05, 4.69) is 15.3 Å². The Labute approximate surface area is 122 Å². The van der Waals surface area contributed by atoms with Gasteiger partial charge in [0.15, 0.2) is 5.16 Å². The van der Waals surface area contributed by atoms with E-state index in [-0.39, 0.29) is 11.5 Å². The minimum atomic E-state index is -0.729. The first kappa shape index (κ1) is 16.7. The Kier molecular flexibility index (Phi) is 6.22. The van der Waals surface area contributed by atoms with Crippen molar-refractivity contribution < 1.29 is 4.79 Å². The van der Waals surface area contributed by atoms with E-state index in [0.29, 0.717) is 23.0 Å². The maximum Gasteiger partial charge on any atom is 0.251 e. The zero-order valence-corrected chi connectivity index (χ0v) is 13.0. The number of primary amides is 1. The highest BCUT2D eigenvalue weighted by Gasteiger charge is 2.29. The first-order valence-corrected chi connectivity index (χ1v) is 7.61. The molecule has 0 radical (unpaired) electrons. The van der Waals surface area contributed by atoms with E-state index < -0.39 is 5.54 Å². The second kappa shape index (κ2) is 7.44. The molecule has 0 aliphatic heterocycles. The van der Waals surface area contributed by atoms with Gasteiger partial charge in [0.2, 0.25) is 5.91 Å². The molecule has 4 N–H and O–H groups in total. The highest BCUT2D eigenvalue weighted by Crippen LogP contribution is 2.18.